The van der Waals surface area contributed by atoms with Crippen molar-refractivity contribution in [2.24, 2.45) is 0 Å². The summed E-state index contributed by atoms with van der Waals surface area (Å²) in [5, 5.41) is 3.33. The molecule has 0 saturated carbocycles. The molecule has 0 aromatic heterocycles. The molecule has 0 saturated heterocycles. The van der Waals surface area contributed by atoms with Gasteiger partial charge in [-0.3, -0.25) is 9.10 Å². The van der Waals surface area contributed by atoms with Gasteiger partial charge in [0.15, 0.2) is 0 Å². The minimum absolute atomic E-state index is 0.297. The molecule has 0 radical (unpaired) electrons. The third kappa shape index (κ3) is 5.17. The van der Waals surface area contributed by atoms with E-state index in [1.165, 1.54) is 0 Å². The van der Waals surface area contributed by atoms with E-state index >= 15 is 0 Å². The number of amides is 1. The molecule has 2 aromatic rings. The van der Waals surface area contributed by atoms with E-state index in [-0.39, 0.29) is 0 Å². The van der Waals surface area contributed by atoms with Crippen LogP contribution in [-0.4, -0.2) is 33.2 Å². The highest BCUT2D eigenvalue weighted by molar-refractivity contribution is 7.92. The molecule has 152 valence electrons. The van der Waals surface area contributed by atoms with E-state index in [0.717, 1.165) is 16.1 Å². The third-order valence-electron chi connectivity index (χ3n) is 4.26. The van der Waals surface area contributed by atoms with Crippen LogP contribution in [0.4, 0.5) is 11.4 Å². The van der Waals surface area contributed by atoms with Crippen molar-refractivity contribution < 1.29 is 17.9 Å². The summed E-state index contributed by atoms with van der Waals surface area (Å²) in [6, 6.07) is 10.9. The molecule has 0 heterocycles. The topological polar surface area (TPSA) is 75.7 Å². The van der Waals surface area contributed by atoms with Crippen LogP contribution < -0.4 is 14.4 Å². The van der Waals surface area contributed by atoms with E-state index in [1.807, 2.05) is 6.92 Å². The fourth-order valence-corrected chi connectivity index (χ4v) is 4.26. The summed E-state index contributed by atoms with van der Waals surface area (Å²) < 4.78 is 31.6. The van der Waals surface area contributed by atoms with Gasteiger partial charge in [0, 0.05) is 10.7 Å². The van der Waals surface area contributed by atoms with Gasteiger partial charge in [-0.25, -0.2) is 8.42 Å². The Morgan fingerprint density at radius 1 is 1.18 bits per heavy atom. The Morgan fingerprint density at radius 2 is 1.82 bits per heavy atom. The summed E-state index contributed by atoms with van der Waals surface area (Å²) >= 11 is 6.11. The van der Waals surface area contributed by atoms with Crippen LogP contribution in [0.5, 0.6) is 5.75 Å². The maximum Gasteiger partial charge on any atom is 0.248 e. The van der Waals surface area contributed by atoms with Gasteiger partial charge in [0.25, 0.3) is 0 Å². The van der Waals surface area contributed by atoms with Crippen LogP contribution in [0.3, 0.4) is 0 Å². The number of halogens is 1. The number of hydrogen-bond donors (Lipinski definition) is 1. The molecule has 6 nitrogen and oxygen atoms in total. The maximum absolute atomic E-state index is 13.0. The Hall–Kier alpha value is -2.25. The first-order valence-electron chi connectivity index (χ1n) is 8.97. The van der Waals surface area contributed by atoms with Crippen molar-refractivity contribution in [2.45, 2.75) is 33.2 Å². The minimum atomic E-state index is -3.70. The van der Waals surface area contributed by atoms with Crippen LogP contribution in [0.1, 0.15) is 25.8 Å². The Morgan fingerprint density at radius 3 is 2.36 bits per heavy atom. The lowest BCUT2D eigenvalue weighted by Gasteiger charge is -2.30. The van der Waals surface area contributed by atoms with E-state index in [2.05, 4.69) is 5.32 Å². The van der Waals surface area contributed by atoms with Gasteiger partial charge >= 0.3 is 0 Å². The Labute approximate surface area is 171 Å². The van der Waals surface area contributed by atoms with Crippen LogP contribution in [-0.2, 0) is 14.8 Å². The lowest BCUT2D eigenvalue weighted by Crippen LogP contribution is -2.47. The van der Waals surface area contributed by atoms with Crippen molar-refractivity contribution >= 4 is 38.9 Å². The van der Waals surface area contributed by atoms with Gasteiger partial charge in [-0.15, -0.1) is 0 Å². The van der Waals surface area contributed by atoms with Crippen LogP contribution in [0.25, 0.3) is 0 Å². The van der Waals surface area contributed by atoms with Crippen molar-refractivity contribution in [2.75, 3.05) is 22.5 Å². The highest BCUT2D eigenvalue weighted by atomic mass is 35.5. The number of carbonyl (C=O) groups excluding carboxylic acids is 1. The van der Waals surface area contributed by atoms with Gasteiger partial charge < -0.3 is 10.1 Å². The van der Waals surface area contributed by atoms with E-state index in [1.54, 1.807) is 56.3 Å². The standard InChI is InChI=1S/C20H25ClN2O4S/c1-5-19(20(24)22-18-9-7-8-17(21)14(18)3)23(28(4,25)26)15-10-12-16(13-11-15)27-6-2/h7-13,19H,5-6H2,1-4H3,(H,22,24)/t19-/m0/s1. The molecule has 1 atom stereocenters. The Bertz CT molecular complexity index is 930. The van der Waals surface area contributed by atoms with Gasteiger partial charge in [0.05, 0.1) is 18.6 Å². The first-order valence-corrected chi connectivity index (χ1v) is 11.2. The smallest absolute Gasteiger partial charge is 0.248 e. The second-order valence-electron chi connectivity index (χ2n) is 6.31. The molecule has 28 heavy (non-hydrogen) atoms. The molecule has 1 N–H and O–H groups in total. The number of anilines is 2. The zero-order valence-electron chi connectivity index (χ0n) is 16.4. The number of nitrogens with zero attached hydrogens (tertiary/aromatic N) is 1. The largest absolute Gasteiger partial charge is 0.494 e. The molecule has 8 heteroatoms. The lowest BCUT2D eigenvalue weighted by atomic mass is 10.1. The van der Waals surface area contributed by atoms with Gasteiger partial charge in [-0.05, 0) is 62.2 Å². The number of ether oxygens (including phenoxy) is 1. The molecule has 0 unspecified atom stereocenters. The summed E-state index contributed by atoms with van der Waals surface area (Å²) in [5.41, 5.74) is 1.67. The number of rotatable bonds is 8. The fourth-order valence-electron chi connectivity index (χ4n) is 2.88. The van der Waals surface area contributed by atoms with Gasteiger partial charge in [-0.1, -0.05) is 24.6 Å². The van der Waals surface area contributed by atoms with Crippen molar-refractivity contribution in [3.8, 4) is 5.75 Å². The number of benzene rings is 2. The first kappa shape index (κ1) is 22.0. The molecule has 0 bridgehead atoms. The zero-order valence-corrected chi connectivity index (χ0v) is 18.0. The normalized spacial score (nSPS) is 12.3. The van der Waals surface area contributed by atoms with Crippen LogP contribution in [0.2, 0.25) is 5.02 Å². The number of hydrogen-bond acceptors (Lipinski definition) is 4. The van der Waals surface area contributed by atoms with E-state index in [9.17, 15) is 13.2 Å². The first-order chi connectivity index (χ1) is 13.2. The molecule has 2 rings (SSSR count). The fraction of sp³-hybridized carbons (Fsp3) is 0.350. The lowest BCUT2D eigenvalue weighted by molar-refractivity contribution is -0.117. The molecule has 0 spiro atoms. The zero-order chi connectivity index (χ0) is 20.9. The maximum atomic E-state index is 13.0. The van der Waals surface area contributed by atoms with Gasteiger partial charge in [-0.2, -0.15) is 0 Å². The summed E-state index contributed by atoms with van der Waals surface area (Å²) in [6.07, 6.45) is 1.38. The molecule has 0 aliphatic heterocycles. The van der Waals surface area contributed by atoms with Gasteiger partial charge in [0.1, 0.15) is 11.8 Å². The van der Waals surface area contributed by atoms with Crippen molar-refractivity contribution in [1.29, 1.82) is 0 Å². The van der Waals surface area contributed by atoms with Crippen LogP contribution >= 0.6 is 11.6 Å². The SMILES string of the molecule is CCOc1ccc(N([C@@H](CC)C(=O)Nc2cccc(Cl)c2C)S(C)(=O)=O)cc1. The molecular formula is C20H25ClN2O4S. The van der Waals surface area contributed by atoms with Crippen LogP contribution in [0.15, 0.2) is 42.5 Å². The molecule has 0 fully saturated rings. The summed E-state index contributed by atoms with van der Waals surface area (Å²) in [5.74, 6) is 0.207. The van der Waals surface area contributed by atoms with Crippen molar-refractivity contribution in [1.82, 2.24) is 0 Å². The molecular weight excluding hydrogens is 400 g/mol. The summed E-state index contributed by atoms with van der Waals surface area (Å²) in [7, 11) is -3.70. The molecule has 0 aliphatic carbocycles. The minimum Gasteiger partial charge on any atom is -0.494 e. The molecule has 2 aromatic carbocycles. The van der Waals surface area contributed by atoms with Crippen molar-refractivity contribution in [3.63, 3.8) is 0 Å². The van der Waals surface area contributed by atoms with Crippen molar-refractivity contribution in [3.05, 3.63) is 53.1 Å². The second-order valence-corrected chi connectivity index (χ2v) is 8.58. The highest BCUT2D eigenvalue weighted by Gasteiger charge is 2.31. The highest BCUT2D eigenvalue weighted by Crippen LogP contribution is 2.27. The quantitative estimate of drug-likeness (QED) is 0.688. The molecule has 1 amide bonds. The monoisotopic (exact) mass is 424 g/mol. The third-order valence-corrected chi connectivity index (χ3v) is 5.85. The van der Waals surface area contributed by atoms with Gasteiger partial charge in [0.2, 0.25) is 15.9 Å². The van der Waals surface area contributed by atoms with E-state index < -0.39 is 22.0 Å². The summed E-state index contributed by atoms with van der Waals surface area (Å²) in [6.45, 7) is 5.93. The van der Waals surface area contributed by atoms with E-state index in [4.69, 9.17) is 16.3 Å². The number of sulfonamides is 1. The van der Waals surface area contributed by atoms with E-state index in [0.29, 0.717) is 35.2 Å². The predicted molar refractivity (Wildman–Crippen MR) is 114 cm³/mol. The van der Waals surface area contributed by atoms with Crippen LogP contribution in [0, 0.1) is 6.92 Å². The average Bonchev–Trinajstić information content (AvgIpc) is 2.63. The Kier molecular flexibility index (Phi) is 7.32. The Balaban J connectivity index is 2.37. The average molecular weight is 425 g/mol. The number of nitrogens with one attached hydrogen (secondary N) is 1. The number of carbonyl (C=O) groups is 1. The predicted octanol–water partition coefficient (Wildman–Crippen LogP) is 4.23. The summed E-state index contributed by atoms with van der Waals surface area (Å²) in [4.78, 5) is 13.0. The molecule has 0 aliphatic rings. The second kappa shape index (κ2) is 9.30.